The van der Waals surface area contributed by atoms with Gasteiger partial charge in [0.15, 0.2) is 5.96 Å². The first kappa shape index (κ1) is 18.4. The molecule has 1 heterocycles. The van der Waals surface area contributed by atoms with Gasteiger partial charge in [-0.2, -0.15) is 0 Å². The van der Waals surface area contributed by atoms with Gasteiger partial charge < -0.3 is 15.5 Å². The second-order valence-electron chi connectivity index (χ2n) is 5.27. The Hall–Kier alpha value is -1.63. The summed E-state index contributed by atoms with van der Waals surface area (Å²) >= 11 is 1.71. The molecule has 0 aliphatic rings. The number of amides is 1. The van der Waals surface area contributed by atoms with E-state index in [0.29, 0.717) is 5.96 Å². The molecule has 1 aromatic heterocycles. The molecule has 0 saturated carbocycles. The van der Waals surface area contributed by atoms with Crippen molar-refractivity contribution in [3.8, 4) is 0 Å². The predicted octanol–water partition coefficient (Wildman–Crippen LogP) is 1.42. The van der Waals surface area contributed by atoms with Crippen LogP contribution in [0.5, 0.6) is 0 Å². The molecule has 0 aliphatic heterocycles. The molecule has 1 amide bonds. The summed E-state index contributed by atoms with van der Waals surface area (Å²) in [4.78, 5) is 23.1. The zero-order chi connectivity index (χ0) is 16.4. The highest BCUT2D eigenvalue weighted by Gasteiger charge is 2.05. The second-order valence-corrected chi connectivity index (χ2v) is 6.59. The van der Waals surface area contributed by atoms with E-state index in [1.54, 1.807) is 30.3 Å². The summed E-state index contributed by atoms with van der Waals surface area (Å²) in [6, 6.07) is 0. The summed E-state index contributed by atoms with van der Waals surface area (Å²) in [7, 11) is 3.47. The quantitative estimate of drug-likeness (QED) is 0.431. The third-order valence-corrected chi connectivity index (χ3v) is 3.97. The maximum atomic E-state index is 11.6. The van der Waals surface area contributed by atoms with Gasteiger partial charge in [-0.05, 0) is 13.3 Å². The monoisotopic (exact) mass is 325 g/mol. The van der Waals surface area contributed by atoms with Gasteiger partial charge in [-0.25, -0.2) is 9.98 Å². The molecule has 124 valence electrons. The molecule has 0 aliphatic carbocycles. The molecule has 0 radical (unpaired) electrons. The smallest absolute Gasteiger partial charge is 0.243 e. The number of unbranched alkanes of at least 4 members (excludes halogenated alkanes) is 1. The van der Waals surface area contributed by atoms with Gasteiger partial charge in [0.2, 0.25) is 5.91 Å². The Morgan fingerprint density at radius 2 is 2.09 bits per heavy atom. The average molecular weight is 325 g/mol. The number of aryl methyl sites for hydroxylation is 1. The number of thiazole rings is 1. The van der Waals surface area contributed by atoms with E-state index in [9.17, 15) is 4.79 Å². The zero-order valence-corrected chi connectivity index (χ0v) is 14.8. The van der Waals surface area contributed by atoms with Gasteiger partial charge >= 0.3 is 0 Å². The third kappa shape index (κ3) is 7.40. The van der Waals surface area contributed by atoms with Crippen LogP contribution < -0.4 is 10.6 Å². The molecule has 0 bridgehead atoms. The van der Waals surface area contributed by atoms with Crippen LogP contribution in [0.4, 0.5) is 0 Å². The number of nitrogens with zero attached hydrogens (tertiary/aromatic N) is 3. The average Bonchev–Trinajstić information content (AvgIpc) is 2.89. The van der Waals surface area contributed by atoms with E-state index in [0.717, 1.165) is 37.4 Å². The van der Waals surface area contributed by atoms with E-state index < -0.39 is 0 Å². The highest BCUT2D eigenvalue weighted by atomic mass is 32.1. The van der Waals surface area contributed by atoms with Crippen molar-refractivity contribution in [3.05, 3.63) is 16.1 Å². The van der Waals surface area contributed by atoms with Gasteiger partial charge in [-0.3, -0.25) is 4.79 Å². The molecule has 0 unspecified atom stereocenters. The van der Waals surface area contributed by atoms with Crippen molar-refractivity contribution in [3.63, 3.8) is 0 Å². The number of likely N-dealkylation sites (N-methyl/N-ethyl adjacent to an activating group) is 1. The molecular formula is C15H27N5OS. The number of guanidine groups is 1. The topological polar surface area (TPSA) is 69.6 Å². The Bertz CT molecular complexity index is 484. The molecule has 1 rings (SSSR count). The first-order chi connectivity index (χ1) is 10.5. The molecular weight excluding hydrogens is 298 g/mol. The number of carbonyl (C=O) groups excluding carboxylic acids is 1. The minimum Gasteiger partial charge on any atom is -0.356 e. The summed E-state index contributed by atoms with van der Waals surface area (Å²) in [5.41, 5.74) is 0. The summed E-state index contributed by atoms with van der Waals surface area (Å²) in [6.07, 6.45) is 4.95. The fourth-order valence-corrected chi connectivity index (χ4v) is 2.44. The number of hydrogen-bond acceptors (Lipinski definition) is 4. The third-order valence-electron chi connectivity index (χ3n) is 2.99. The molecule has 6 nitrogen and oxygen atoms in total. The summed E-state index contributed by atoms with van der Waals surface area (Å²) in [5.74, 6) is 0.684. The second kappa shape index (κ2) is 10.2. The van der Waals surface area contributed by atoms with Gasteiger partial charge in [-0.15, -0.1) is 11.3 Å². The zero-order valence-electron chi connectivity index (χ0n) is 14.0. The van der Waals surface area contributed by atoms with Crippen LogP contribution in [0.3, 0.4) is 0 Å². The number of nitrogens with one attached hydrogen (secondary N) is 2. The van der Waals surface area contributed by atoms with Crippen molar-refractivity contribution in [2.24, 2.45) is 4.99 Å². The number of aliphatic imine (C=N–C) groups is 1. The van der Waals surface area contributed by atoms with E-state index >= 15 is 0 Å². The van der Waals surface area contributed by atoms with E-state index in [4.69, 9.17) is 0 Å². The molecule has 22 heavy (non-hydrogen) atoms. The van der Waals surface area contributed by atoms with Gasteiger partial charge in [-0.1, -0.05) is 13.3 Å². The van der Waals surface area contributed by atoms with Crippen LogP contribution >= 0.6 is 11.3 Å². The molecule has 0 atom stereocenters. The van der Waals surface area contributed by atoms with Crippen LogP contribution in [0, 0.1) is 6.92 Å². The van der Waals surface area contributed by atoms with Gasteiger partial charge in [0, 0.05) is 44.7 Å². The standard InChI is InChI=1S/C15H27N5OS/c1-5-6-8-16-15(19-11-14(21)20(3)4)17-9-7-13-18-10-12(2)22-13/h10H,5-9,11H2,1-4H3,(H2,16,17,19). The number of aromatic nitrogens is 1. The maximum absolute atomic E-state index is 11.6. The van der Waals surface area contributed by atoms with Crippen molar-refractivity contribution in [1.29, 1.82) is 0 Å². The van der Waals surface area contributed by atoms with Crippen LogP contribution in [0.1, 0.15) is 29.7 Å². The largest absolute Gasteiger partial charge is 0.356 e. The highest BCUT2D eigenvalue weighted by molar-refractivity contribution is 7.11. The van der Waals surface area contributed by atoms with Gasteiger partial charge in [0.25, 0.3) is 0 Å². The van der Waals surface area contributed by atoms with E-state index in [1.165, 1.54) is 4.88 Å². The molecule has 0 spiro atoms. The lowest BCUT2D eigenvalue weighted by Crippen LogP contribution is -2.39. The predicted molar refractivity (Wildman–Crippen MR) is 92.5 cm³/mol. The van der Waals surface area contributed by atoms with Crippen LogP contribution in [-0.2, 0) is 11.2 Å². The lowest BCUT2D eigenvalue weighted by molar-refractivity contribution is -0.127. The van der Waals surface area contributed by atoms with Crippen LogP contribution in [0.25, 0.3) is 0 Å². The Morgan fingerprint density at radius 3 is 2.68 bits per heavy atom. The molecule has 0 aromatic carbocycles. The van der Waals surface area contributed by atoms with Crippen molar-refractivity contribution in [2.45, 2.75) is 33.1 Å². The minimum atomic E-state index is -0.00728. The summed E-state index contributed by atoms with van der Waals surface area (Å²) < 4.78 is 0. The van der Waals surface area contributed by atoms with E-state index in [2.05, 4.69) is 34.5 Å². The van der Waals surface area contributed by atoms with Crippen LogP contribution in [0.2, 0.25) is 0 Å². The van der Waals surface area contributed by atoms with Crippen LogP contribution in [0.15, 0.2) is 11.2 Å². The lowest BCUT2D eigenvalue weighted by atomic mass is 10.3. The van der Waals surface area contributed by atoms with Crippen molar-refractivity contribution in [1.82, 2.24) is 20.5 Å². The van der Waals surface area contributed by atoms with Crippen molar-refractivity contribution in [2.75, 3.05) is 33.7 Å². The Labute approximate surface area is 137 Å². The SMILES string of the molecule is CCCCNC(=NCC(=O)N(C)C)NCCc1ncc(C)s1. The van der Waals surface area contributed by atoms with Gasteiger partial charge in [0.1, 0.15) is 6.54 Å². The molecule has 0 fully saturated rings. The fourth-order valence-electron chi connectivity index (χ4n) is 1.65. The Morgan fingerprint density at radius 1 is 1.36 bits per heavy atom. The Balaban J connectivity index is 2.45. The van der Waals surface area contributed by atoms with Crippen molar-refractivity contribution >= 4 is 23.2 Å². The molecule has 0 saturated heterocycles. The van der Waals surface area contributed by atoms with E-state index in [-0.39, 0.29) is 12.5 Å². The van der Waals surface area contributed by atoms with Crippen LogP contribution in [-0.4, -0.2) is 55.5 Å². The van der Waals surface area contributed by atoms with Gasteiger partial charge in [0.05, 0.1) is 5.01 Å². The van der Waals surface area contributed by atoms with E-state index in [1.807, 2.05) is 6.20 Å². The maximum Gasteiger partial charge on any atom is 0.243 e. The summed E-state index contributed by atoms with van der Waals surface area (Å²) in [5, 5.41) is 7.64. The first-order valence-corrected chi connectivity index (χ1v) is 8.48. The number of hydrogen-bond donors (Lipinski definition) is 2. The summed E-state index contributed by atoms with van der Waals surface area (Å²) in [6.45, 7) is 5.97. The fraction of sp³-hybridized carbons (Fsp3) is 0.667. The highest BCUT2D eigenvalue weighted by Crippen LogP contribution is 2.10. The Kier molecular flexibility index (Phi) is 8.50. The van der Waals surface area contributed by atoms with Crippen molar-refractivity contribution < 1.29 is 4.79 Å². The molecule has 7 heteroatoms. The minimum absolute atomic E-state index is 0.00728. The number of carbonyl (C=O) groups is 1. The normalized spacial score (nSPS) is 11.4. The lowest BCUT2D eigenvalue weighted by Gasteiger charge is -2.13. The first-order valence-electron chi connectivity index (χ1n) is 7.66. The molecule has 1 aromatic rings. The molecule has 2 N–H and O–H groups in total. The number of rotatable bonds is 8.